The number of nitrogens with zero attached hydrogens (tertiary/aromatic N) is 4. The zero-order valence-corrected chi connectivity index (χ0v) is 16.6. The van der Waals surface area contributed by atoms with Crippen LogP contribution in [0.1, 0.15) is 10.6 Å². The number of methoxy groups -OCH3 is 1. The molecule has 0 spiro atoms. The SMILES string of the molecule is COc1ccc(-c2nc3sc(Cc4ccc(Cl)cc4)nn3c2SC#N)cc1. The van der Waals surface area contributed by atoms with Crippen LogP contribution in [0.3, 0.4) is 0 Å². The molecule has 27 heavy (non-hydrogen) atoms. The molecule has 0 atom stereocenters. The Morgan fingerprint density at radius 1 is 1.19 bits per heavy atom. The molecule has 0 bridgehead atoms. The lowest BCUT2D eigenvalue weighted by Gasteiger charge is -2.02. The van der Waals surface area contributed by atoms with Crippen LogP contribution in [0.2, 0.25) is 5.02 Å². The van der Waals surface area contributed by atoms with Gasteiger partial charge in [-0.2, -0.15) is 14.9 Å². The van der Waals surface area contributed by atoms with Crippen LogP contribution < -0.4 is 4.74 Å². The van der Waals surface area contributed by atoms with E-state index in [1.165, 1.54) is 11.3 Å². The molecule has 0 saturated carbocycles. The first-order chi connectivity index (χ1) is 13.2. The number of benzene rings is 2. The van der Waals surface area contributed by atoms with Crippen molar-refractivity contribution in [2.75, 3.05) is 7.11 Å². The summed E-state index contributed by atoms with van der Waals surface area (Å²) >= 11 is 8.53. The maximum Gasteiger partial charge on any atom is 0.213 e. The number of thioether (sulfide) groups is 1. The van der Waals surface area contributed by atoms with Crippen molar-refractivity contribution >= 4 is 39.7 Å². The molecule has 2 heterocycles. The van der Waals surface area contributed by atoms with Crippen LogP contribution in [0.4, 0.5) is 0 Å². The van der Waals surface area contributed by atoms with Crippen LogP contribution in [-0.4, -0.2) is 21.7 Å². The highest BCUT2D eigenvalue weighted by atomic mass is 35.5. The molecule has 0 unspecified atom stereocenters. The smallest absolute Gasteiger partial charge is 0.213 e. The molecule has 4 rings (SSSR count). The van der Waals surface area contributed by atoms with E-state index in [-0.39, 0.29) is 0 Å². The number of hydrogen-bond acceptors (Lipinski definition) is 6. The van der Waals surface area contributed by atoms with E-state index in [0.717, 1.165) is 49.3 Å². The number of fused-ring (bicyclic) bond motifs is 1. The monoisotopic (exact) mass is 412 g/mol. The van der Waals surface area contributed by atoms with E-state index >= 15 is 0 Å². The molecular weight excluding hydrogens is 400 g/mol. The molecule has 0 aliphatic carbocycles. The van der Waals surface area contributed by atoms with E-state index in [1.807, 2.05) is 48.5 Å². The number of aromatic nitrogens is 3. The molecular formula is C19H13ClN4OS2. The first-order valence-corrected chi connectivity index (χ1v) is 10.0. The third kappa shape index (κ3) is 3.65. The summed E-state index contributed by atoms with van der Waals surface area (Å²) in [6, 6.07) is 15.3. The quantitative estimate of drug-likeness (QED) is 0.329. The summed E-state index contributed by atoms with van der Waals surface area (Å²) in [6.07, 6.45) is 0.694. The van der Waals surface area contributed by atoms with Crippen molar-refractivity contribution < 1.29 is 4.74 Å². The van der Waals surface area contributed by atoms with Crippen molar-refractivity contribution in [2.24, 2.45) is 0 Å². The largest absolute Gasteiger partial charge is 0.497 e. The van der Waals surface area contributed by atoms with Crippen molar-refractivity contribution in [1.82, 2.24) is 14.6 Å². The number of thiocyanates is 1. The number of imidazole rings is 1. The molecule has 8 heteroatoms. The first-order valence-electron chi connectivity index (χ1n) is 8.01. The second-order valence-electron chi connectivity index (χ2n) is 5.68. The van der Waals surface area contributed by atoms with E-state index in [1.54, 1.807) is 11.6 Å². The van der Waals surface area contributed by atoms with Gasteiger partial charge in [0.2, 0.25) is 4.96 Å². The van der Waals surface area contributed by atoms with Crippen LogP contribution >= 0.6 is 34.7 Å². The summed E-state index contributed by atoms with van der Waals surface area (Å²) in [4.78, 5) is 5.48. The van der Waals surface area contributed by atoms with E-state index in [0.29, 0.717) is 11.4 Å². The topological polar surface area (TPSA) is 63.2 Å². The van der Waals surface area contributed by atoms with Gasteiger partial charge >= 0.3 is 0 Å². The summed E-state index contributed by atoms with van der Waals surface area (Å²) in [5, 5.41) is 18.4. The van der Waals surface area contributed by atoms with Gasteiger partial charge in [-0.1, -0.05) is 35.1 Å². The van der Waals surface area contributed by atoms with Crippen molar-refractivity contribution in [3.63, 3.8) is 0 Å². The molecule has 2 aromatic heterocycles. The van der Waals surface area contributed by atoms with Gasteiger partial charge in [0, 0.05) is 28.8 Å². The molecule has 5 nitrogen and oxygen atoms in total. The Hall–Kier alpha value is -2.53. The highest BCUT2D eigenvalue weighted by molar-refractivity contribution is 8.03. The average Bonchev–Trinajstić information content (AvgIpc) is 3.22. The van der Waals surface area contributed by atoms with Crippen molar-refractivity contribution in [2.45, 2.75) is 11.4 Å². The minimum atomic E-state index is 0.694. The zero-order chi connectivity index (χ0) is 18.8. The second kappa shape index (κ2) is 7.61. The average molecular weight is 413 g/mol. The van der Waals surface area contributed by atoms with Gasteiger partial charge in [0.1, 0.15) is 26.9 Å². The third-order valence-electron chi connectivity index (χ3n) is 3.98. The normalized spacial score (nSPS) is 10.9. The molecule has 0 N–H and O–H groups in total. The molecule has 0 aliphatic heterocycles. The van der Waals surface area contributed by atoms with E-state index < -0.39 is 0 Å². The third-order valence-corrected chi connectivity index (χ3v) is 5.79. The van der Waals surface area contributed by atoms with Gasteiger partial charge in [0.25, 0.3) is 0 Å². The summed E-state index contributed by atoms with van der Waals surface area (Å²) in [7, 11) is 1.63. The minimum Gasteiger partial charge on any atom is -0.497 e. The molecule has 2 aromatic carbocycles. The predicted molar refractivity (Wildman–Crippen MR) is 109 cm³/mol. The molecule has 4 aromatic rings. The molecule has 0 amide bonds. The van der Waals surface area contributed by atoms with Gasteiger partial charge in [0.15, 0.2) is 0 Å². The summed E-state index contributed by atoms with van der Waals surface area (Å²) in [5.74, 6) is 0.776. The zero-order valence-electron chi connectivity index (χ0n) is 14.2. The number of nitriles is 1. The fourth-order valence-electron chi connectivity index (χ4n) is 2.69. The van der Waals surface area contributed by atoms with Gasteiger partial charge in [0.05, 0.1) is 7.11 Å². The number of ether oxygens (including phenoxy) is 1. The van der Waals surface area contributed by atoms with Gasteiger partial charge in [-0.05, 0) is 42.0 Å². The fraction of sp³-hybridized carbons (Fsp3) is 0.105. The summed E-state index contributed by atoms with van der Waals surface area (Å²) in [6.45, 7) is 0. The van der Waals surface area contributed by atoms with Crippen LogP contribution in [-0.2, 0) is 6.42 Å². The van der Waals surface area contributed by atoms with Gasteiger partial charge in [-0.15, -0.1) is 0 Å². The lowest BCUT2D eigenvalue weighted by atomic mass is 10.1. The molecule has 0 radical (unpaired) electrons. The molecule has 0 fully saturated rings. The Morgan fingerprint density at radius 3 is 2.59 bits per heavy atom. The van der Waals surface area contributed by atoms with Gasteiger partial charge < -0.3 is 4.74 Å². The Bertz CT molecular complexity index is 1130. The van der Waals surface area contributed by atoms with Gasteiger partial charge in [-0.3, -0.25) is 0 Å². The Kier molecular flexibility index (Phi) is 5.03. The number of halogens is 1. The van der Waals surface area contributed by atoms with Crippen LogP contribution in [0, 0.1) is 10.7 Å². The molecule has 0 saturated heterocycles. The van der Waals surface area contributed by atoms with Crippen LogP contribution in [0.5, 0.6) is 5.75 Å². The van der Waals surface area contributed by atoms with E-state index in [4.69, 9.17) is 21.3 Å². The van der Waals surface area contributed by atoms with Crippen LogP contribution in [0.15, 0.2) is 53.6 Å². The summed E-state index contributed by atoms with van der Waals surface area (Å²) in [5.41, 5.74) is 2.80. The lowest BCUT2D eigenvalue weighted by Crippen LogP contribution is -1.92. The van der Waals surface area contributed by atoms with E-state index in [9.17, 15) is 5.26 Å². The fourth-order valence-corrected chi connectivity index (χ4v) is 4.36. The second-order valence-corrected chi connectivity index (χ2v) is 7.93. The lowest BCUT2D eigenvalue weighted by molar-refractivity contribution is 0.415. The number of rotatable bonds is 5. The molecule has 0 aliphatic rings. The Morgan fingerprint density at radius 2 is 1.93 bits per heavy atom. The van der Waals surface area contributed by atoms with Crippen molar-refractivity contribution in [3.8, 4) is 22.4 Å². The maximum atomic E-state index is 9.23. The molecule has 134 valence electrons. The van der Waals surface area contributed by atoms with Gasteiger partial charge in [-0.25, -0.2) is 4.98 Å². The maximum absolute atomic E-state index is 9.23. The number of hydrogen-bond donors (Lipinski definition) is 0. The highest BCUT2D eigenvalue weighted by Gasteiger charge is 2.19. The van der Waals surface area contributed by atoms with E-state index in [2.05, 4.69) is 10.5 Å². The standard InChI is InChI=1S/C19H13ClN4OS2/c1-25-15-8-4-13(5-9-15)17-18(26-11-21)24-19(22-17)27-16(23-24)10-12-2-6-14(20)7-3-12/h2-9H,10H2,1H3. The van der Waals surface area contributed by atoms with Crippen molar-refractivity contribution in [3.05, 3.63) is 64.1 Å². The van der Waals surface area contributed by atoms with Crippen molar-refractivity contribution in [1.29, 1.82) is 5.26 Å². The summed E-state index contributed by atoms with van der Waals surface area (Å²) < 4.78 is 6.96. The van der Waals surface area contributed by atoms with Crippen LogP contribution in [0.25, 0.3) is 16.2 Å². The minimum absolute atomic E-state index is 0.694. The predicted octanol–water partition coefficient (Wildman–Crippen LogP) is 5.28. The Balaban J connectivity index is 1.71. The first kappa shape index (κ1) is 17.9. The Labute approximate surface area is 169 Å². The highest BCUT2D eigenvalue weighted by Crippen LogP contribution is 2.34.